The van der Waals surface area contributed by atoms with Crippen molar-refractivity contribution in [3.8, 4) is 16.9 Å². The molecule has 3 aliphatic rings. The van der Waals surface area contributed by atoms with Gasteiger partial charge in [0.1, 0.15) is 17.6 Å². The van der Waals surface area contributed by atoms with Gasteiger partial charge < -0.3 is 19.8 Å². The summed E-state index contributed by atoms with van der Waals surface area (Å²) in [5.74, 6) is 2.00. The number of carbonyl (C=O) groups is 2. The number of hydrogen-bond acceptors (Lipinski definition) is 6. The highest BCUT2D eigenvalue weighted by atomic mass is 16.5. The van der Waals surface area contributed by atoms with Crippen molar-refractivity contribution >= 4 is 29.6 Å². The molecule has 3 aromatic carbocycles. The Hall–Kier alpha value is -4.23. The van der Waals surface area contributed by atoms with Crippen LogP contribution >= 0.6 is 0 Å². The molecule has 0 unspecified atom stereocenters. The van der Waals surface area contributed by atoms with Crippen molar-refractivity contribution in [3.05, 3.63) is 89.3 Å². The predicted octanol–water partition coefficient (Wildman–Crippen LogP) is 6.22. The zero-order chi connectivity index (χ0) is 26.8. The van der Waals surface area contributed by atoms with E-state index in [-0.39, 0.29) is 5.92 Å². The number of piperidine rings is 3. The Balaban J connectivity index is 1.33. The SMILES string of the molecule is NC(=O)Oc1c(-c2ccccc2)ccc(/C=C/CCc2nc3cc(C=O)ccc3o2)c1[C@@H]1CN2CCC1CC2. The van der Waals surface area contributed by atoms with Crippen molar-refractivity contribution in [3.63, 3.8) is 0 Å². The van der Waals surface area contributed by atoms with Gasteiger partial charge in [-0.1, -0.05) is 54.6 Å². The van der Waals surface area contributed by atoms with E-state index in [2.05, 4.69) is 28.1 Å². The molecule has 0 saturated carbocycles. The lowest BCUT2D eigenvalue weighted by molar-refractivity contribution is 0.0860. The summed E-state index contributed by atoms with van der Waals surface area (Å²) in [5.41, 5.74) is 11.5. The van der Waals surface area contributed by atoms with E-state index >= 15 is 0 Å². The summed E-state index contributed by atoms with van der Waals surface area (Å²) in [6.07, 6.45) is 7.87. The van der Waals surface area contributed by atoms with Crippen LogP contribution in [-0.2, 0) is 6.42 Å². The minimum absolute atomic E-state index is 0.259. The molecular formula is C32H31N3O4. The summed E-state index contributed by atoms with van der Waals surface area (Å²) < 4.78 is 11.7. The number of amides is 1. The van der Waals surface area contributed by atoms with Crippen molar-refractivity contribution in [1.82, 2.24) is 9.88 Å². The zero-order valence-electron chi connectivity index (χ0n) is 21.7. The van der Waals surface area contributed by atoms with Crippen LogP contribution in [0.15, 0.2) is 71.2 Å². The molecule has 0 aliphatic carbocycles. The third-order valence-electron chi connectivity index (χ3n) is 7.96. The van der Waals surface area contributed by atoms with Crippen LogP contribution in [0.25, 0.3) is 28.3 Å². The Kier molecular flexibility index (Phi) is 6.99. The van der Waals surface area contributed by atoms with E-state index in [1.165, 1.54) is 0 Å². The first-order valence-corrected chi connectivity index (χ1v) is 13.5. The fourth-order valence-corrected chi connectivity index (χ4v) is 6.08. The lowest BCUT2D eigenvalue weighted by Gasteiger charge is -2.45. The number of oxazole rings is 1. The van der Waals surface area contributed by atoms with Gasteiger partial charge >= 0.3 is 6.09 Å². The van der Waals surface area contributed by atoms with E-state index in [0.29, 0.717) is 40.6 Å². The number of ether oxygens (including phenoxy) is 1. The summed E-state index contributed by atoms with van der Waals surface area (Å²) in [4.78, 5) is 30.2. The highest BCUT2D eigenvalue weighted by molar-refractivity contribution is 5.84. The van der Waals surface area contributed by atoms with E-state index in [1.54, 1.807) is 18.2 Å². The van der Waals surface area contributed by atoms with Crippen LogP contribution in [0.5, 0.6) is 5.75 Å². The van der Waals surface area contributed by atoms with Gasteiger partial charge in [0.05, 0.1) is 0 Å². The highest BCUT2D eigenvalue weighted by Crippen LogP contribution is 2.47. The predicted molar refractivity (Wildman–Crippen MR) is 151 cm³/mol. The van der Waals surface area contributed by atoms with Crippen molar-refractivity contribution in [2.45, 2.75) is 31.6 Å². The number of fused-ring (bicyclic) bond motifs is 4. The number of benzene rings is 3. The Morgan fingerprint density at radius 2 is 1.92 bits per heavy atom. The first kappa shape index (κ1) is 25.1. The van der Waals surface area contributed by atoms with Gasteiger partial charge in [-0.2, -0.15) is 0 Å². The second-order valence-corrected chi connectivity index (χ2v) is 10.4. The molecule has 0 radical (unpaired) electrons. The molecule has 198 valence electrons. The Morgan fingerprint density at radius 3 is 2.64 bits per heavy atom. The highest BCUT2D eigenvalue weighted by Gasteiger charge is 2.38. The first-order chi connectivity index (χ1) is 19.1. The second-order valence-electron chi connectivity index (χ2n) is 10.4. The molecule has 7 heteroatoms. The van der Waals surface area contributed by atoms with Crippen LogP contribution in [0.1, 0.15) is 52.6 Å². The largest absolute Gasteiger partial charge is 0.441 e. The number of aryl methyl sites for hydroxylation is 1. The molecular weight excluding hydrogens is 490 g/mol. The van der Waals surface area contributed by atoms with Crippen LogP contribution in [0, 0.1) is 5.92 Å². The maximum Gasteiger partial charge on any atom is 0.409 e. The zero-order valence-corrected chi connectivity index (χ0v) is 21.7. The van der Waals surface area contributed by atoms with Gasteiger partial charge in [0.2, 0.25) is 0 Å². The fraction of sp³-hybridized carbons (Fsp3) is 0.281. The molecule has 1 amide bonds. The van der Waals surface area contributed by atoms with Gasteiger partial charge in [0, 0.05) is 35.6 Å². The molecule has 4 aromatic rings. The minimum atomic E-state index is -0.801. The van der Waals surface area contributed by atoms with Gasteiger partial charge in [-0.3, -0.25) is 4.79 Å². The molecule has 7 nitrogen and oxygen atoms in total. The Morgan fingerprint density at radius 1 is 1.10 bits per heavy atom. The average Bonchev–Trinajstić information content (AvgIpc) is 3.38. The number of rotatable bonds is 8. The van der Waals surface area contributed by atoms with Crippen molar-refractivity contribution < 1.29 is 18.7 Å². The van der Waals surface area contributed by atoms with Gasteiger partial charge in [0.15, 0.2) is 11.5 Å². The van der Waals surface area contributed by atoms with E-state index in [1.807, 2.05) is 36.4 Å². The quantitative estimate of drug-likeness (QED) is 0.276. The lowest BCUT2D eigenvalue weighted by Crippen LogP contribution is -2.46. The molecule has 7 rings (SSSR count). The van der Waals surface area contributed by atoms with E-state index in [4.69, 9.17) is 14.9 Å². The number of allylic oxidation sites excluding steroid dienone is 1. The smallest absolute Gasteiger partial charge is 0.409 e. The molecule has 0 spiro atoms. The molecule has 3 aliphatic heterocycles. The van der Waals surface area contributed by atoms with Crippen LogP contribution in [-0.4, -0.2) is 41.9 Å². The van der Waals surface area contributed by atoms with Crippen molar-refractivity contribution in [2.24, 2.45) is 11.7 Å². The first-order valence-electron chi connectivity index (χ1n) is 13.5. The monoisotopic (exact) mass is 521 g/mol. The Labute approximate surface area is 227 Å². The van der Waals surface area contributed by atoms with Crippen molar-refractivity contribution in [1.29, 1.82) is 0 Å². The summed E-state index contributed by atoms with van der Waals surface area (Å²) >= 11 is 0. The van der Waals surface area contributed by atoms with Crippen molar-refractivity contribution in [2.75, 3.05) is 19.6 Å². The molecule has 3 saturated heterocycles. The van der Waals surface area contributed by atoms with E-state index < -0.39 is 6.09 Å². The van der Waals surface area contributed by atoms with Crippen LogP contribution in [0.2, 0.25) is 0 Å². The summed E-state index contributed by atoms with van der Waals surface area (Å²) in [5, 5.41) is 0. The maximum absolute atomic E-state index is 12.1. The number of primary amides is 1. The average molecular weight is 522 g/mol. The normalized spacial score (nSPS) is 20.5. The van der Waals surface area contributed by atoms with Crippen LogP contribution in [0.4, 0.5) is 4.79 Å². The fourth-order valence-electron chi connectivity index (χ4n) is 6.08. The molecule has 2 N–H and O–H groups in total. The number of nitrogens with zero attached hydrogens (tertiary/aromatic N) is 2. The Bertz CT molecular complexity index is 1530. The summed E-state index contributed by atoms with van der Waals surface area (Å²) in [6, 6.07) is 19.4. The topological polar surface area (TPSA) is 98.7 Å². The van der Waals surface area contributed by atoms with Gasteiger partial charge in [-0.25, -0.2) is 9.78 Å². The number of carbonyl (C=O) groups excluding carboxylic acids is 2. The second kappa shape index (κ2) is 10.9. The van der Waals surface area contributed by atoms with Gasteiger partial charge in [-0.05, 0) is 67.6 Å². The number of aldehydes is 1. The van der Waals surface area contributed by atoms with Gasteiger partial charge in [-0.15, -0.1) is 0 Å². The van der Waals surface area contributed by atoms with E-state index in [9.17, 15) is 9.59 Å². The van der Waals surface area contributed by atoms with E-state index in [0.717, 1.165) is 67.4 Å². The summed E-state index contributed by atoms with van der Waals surface area (Å²) in [6.45, 7) is 3.19. The number of aromatic nitrogens is 1. The van der Waals surface area contributed by atoms with Crippen LogP contribution in [0.3, 0.4) is 0 Å². The number of nitrogens with two attached hydrogens (primary N) is 1. The molecule has 39 heavy (non-hydrogen) atoms. The molecule has 1 aromatic heterocycles. The number of hydrogen-bond donors (Lipinski definition) is 1. The lowest BCUT2D eigenvalue weighted by atomic mass is 9.73. The molecule has 2 bridgehead atoms. The van der Waals surface area contributed by atoms with Gasteiger partial charge in [0.25, 0.3) is 0 Å². The minimum Gasteiger partial charge on any atom is -0.441 e. The van der Waals surface area contributed by atoms with Crippen LogP contribution < -0.4 is 10.5 Å². The standard InChI is InChI=1S/C32H31N3O4/c33-32(37)39-31-25(22-6-2-1-3-7-22)12-11-24(30(31)26-19-35-16-14-23(26)15-17-35)8-4-5-9-29-34-27-18-21(20-36)10-13-28(27)38-29/h1-4,6-8,10-13,18,20,23,26H,5,9,14-17,19H2,(H2,33,37)/b8-4+/t26-/m1/s1. The summed E-state index contributed by atoms with van der Waals surface area (Å²) in [7, 11) is 0. The third-order valence-corrected chi connectivity index (χ3v) is 7.96. The molecule has 3 fully saturated rings. The maximum atomic E-state index is 12.1. The molecule has 1 atom stereocenters. The molecule has 4 heterocycles. The third kappa shape index (κ3) is 5.22.